The topological polar surface area (TPSA) is 93.1 Å². The third kappa shape index (κ3) is 5.12. The van der Waals surface area contributed by atoms with E-state index in [1.54, 1.807) is 6.07 Å². The van der Waals surface area contributed by atoms with Gasteiger partial charge < -0.3 is 14.6 Å². The summed E-state index contributed by atoms with van der Waals surface area (Å²) in [6.45, 7) is 0.576. The molecule has 7 nitrogen and oxygen atoms in total. The van der Waals surface area contributed by atoms with Crippen LogP contribution < -0.4 is 9.04 Å². The molecule has 1 aliphatic rings. The van der Waals surface area contributed by atoms with Crippen LogP contribution >= 0.6 is 15.9 Å². The zero-order chi connectivity index (χ0) is 24.6. The third-order valence-corrected chi connectivity index (χ3v) is 7.58. The fourth-order valence-electron chi connectivity index (χ4n) is 3.54. The molecule has 2 unspecified atom stereocenters. The van der Waals surface area contributed by atoms with Crippen LogP contribution in [0.5, 0.6) is 5.75 Å². The zero-order valence-electron chi connectivity index (χ0n) is 17.6. The van der Waals surface area contributed by atoms with Crippen LogP contribution in [0, 0.1) is 5.41 Å². The Morgan fingerprint density at radius 2 is 1.97 bits per heavy atom. The summed E-state index contributed by atoms with van der Waals surface area (Å²) in [4.78, 5) is 11.6. The largest absolute Gasteiger partial charge is 0.486 e. The van der Waals surface area contributed by atoms with E-state index in [1.165, 1.54) is 19.1 Å². The molecule has 0 aliphatic carbocycles. The van der Waals surface area contributed by atoms with Crippen LogP contribution in [0.2, 0.25) is 0 Å². The van der Waals surface area contributed by atoms with E-state index >= 15 is 0 Å². The number of aliphatic hydroxyl groups excluding tert-OH is 1. The van der Waals surface area contributed by atoms with Crippen LogP contribution in [0.3, 0.4) is 0 Å². The van der Waals surface area contributed by atoms with Crippen LogP contribution in [-0.4, -0.2) is 45.9 Å². The van der Waals surface area contributed by atoms with Crippen LogP contribution in [0.15, 0.2) is 51.8 Å². The van der Waals surface area contributed by atoms with Crippen molar-refractivity contribution in [3.63, 3.8) is 0 Å². The Balaban J connectivity index is 2.06. The molecule has 2 aromatic carbocycles. The first-order valence-corrected chi connectivity index (χ1v) is 11.9. The second-order valence-electron chi connectivity index (χ2n) is 7.83. The van der Waals surface area contributed by atoms with Crippen molar-refractivity contribution in [3.05, 3.63) is 52.5 Å². The van der Waals surface area contributed by atoms with Crippen molar-refractivity contribution < 1.29 is 41.0 Å². The molecule has 2 aromatic rings. The van der Waals surface area contributed by atoms with Gasteiger partial charge in [-0.1, -0.05) is 22.0 Å². The van der Waals surface area contributed by atoms with E-state index in [9.17, 15) is 31.5 Å². The lowest BCUT2D eigenvalue weighted by molar-refractivity contribution is -0.156. The predicted molar refractivity (Wildman–Crippen MR) is 116 cm³/mol. The zero-order valence-corrected chi connectivity index (χ0v) is 20.0. The van der Waals surface area contributed by atoms with Crippen LogP contribution in [-0.2, 0) is 25.7 Å². The number of esters is 1. The Bertz CT molecular complexity index is 1160. The van der Waals surface area contributed by atoms with E-state index < -0.39 is 50.8 Å². The molecule has 0 radical (unpaired) electrons. The van der Waals surface area contributed by atoms with Gasteiger partial charge in [0.1, 0.15) is 11.9 Å². The highest BCUT2D eigenvalue weighted by molar-refractivity contribution is 9.10. The van der Waals surface area contributed by atoms with Crippen molar-refractivity contribution in [2.75, 3.05) is 24.6 Å². The van der Waals surface area contributed by atoms with Crippen molar-refractivity contribution in [1.29, 1.82) is 0 Å². The standard InChI is InChI=1S/C21H21BrF3NO6S/c1-20(12-27,19(28)31-2)10-15-11-26(17-9-14(22)6-7-18(17)32-15)33(29,30)16-5-3-4-13(8-16)21(23,24)25/h3-9,15,27H,10-12H2,1-2H3. The third-order valence-electron chi connectivity index (χ3n) is 5.31. The minimum absolute atomic E-state index is 0.0969. The number of fused-ring (bicyclic) bond motifs is 1. The monoisotopic (exact) mass is 551 g/mol. The summed E-state index contributed by atoms with van der Waals surface area (Å²) in [7, 11) is -3.28. The highest BCUT2D eigenvalue weighted by atomic mass is 79.9. The minimum Gasteiger partial charge on any atom is -0.486 e. The van der Waals surface area contributed by atoms with E-state index in [-0.39, 0.29) is 24.4 Å². The summed E-state index contributed by atoms with van der Waals surface area (Å²) in [5.41, 5.74) is -2.35. The van der Waals surface area contributed by atoms with Gasteiger partial charge in [0.15, 0.2) is 0 Å². The second kappa shape index (κ2) is 9.15. The molecule has 0 fully saturated rings. The van der Waals surface area contributed by atoms with Gasteiger partial charge in [-0.2, -0.15) is 13.2 Å². The highest BCUT2D eigenvalue weighted by Gasteiger charge is 2.42. The molecule has 0 amide bonds. The van der Waals surface area contributed by atoms with Gasteiger partial charge in [0.05, 0.1) is 41.8 Å². The normalized spacial score (nSPS) is 18.2. The van der Waals surface area contributed by atoms with Crippen LogP contribution in [0.25, 0.3) is 0 Å². The van der Waals surface area contributed by atoms with Gasteiger partial charge in [0, 0.05) is 10.9 Å². The van der Waals surface area contributed by atoms with Crippen molar-refractivity contribution in [2.24, 2.45) is 5.41 Å². The summed E-state index contributed by atoms with van der Waals surface area (Å²) >= 11 is 3.26. The van der Waals surface area contributed by atoms with Gasteiger partial charge in [-0.3, -0.25) is 9.10 Å². The Morgan fingerprint density at radius 3 is 2.58 bits per heavy atom. The smallest absolute Gasteiger partial charge is 0.416 e. The van der Waals surface area contributed by atoms with Crippen molar-refractivity contribution in [3.8, 4) is 5.75 Å². The summed E-state index contributed by atoms with van der Waals surface area (Å²) in [5, 5.41) is 9.76. The first-order valence-electron chi connectivity index (χ1n) is 9.67. The van der Waals surface area contributed by atoms with E-state index in [0.717, 1.165) is 29.6 Å². The SMILES string of the molecule is COC(=O)C(C)(CO)CC1CN(S(=O)(=O)c2cccc(C(F)(F)F)c2)c2cc(Br)ccc2O1. The number of rotatable bonds is 6. The van der Waals surface area contributed by atoms with Crippen molar-refractivity contribution >= 4 is 37.6 Å². The summed E-state index contributed by atoms with van der Waals surface area (Å²) in [6, 6.07) is 8.06. The molecular weight excluding hydrogens is 531 g/mol. The lowest BCUT2D eigenvalue weighted by Crippen LogP contribution is -2.47. The van der Waals surface area contributed by atoms with Gasteiger partial charge in [-0.05, 0) is 43.3 Å². The molecule has 2 atom stereocenters. The molecule has 0 saturated heterocycles. The number of sulfonamides is 1. The van der Waals surface area contributed by atoms with Crippen molar-refractivity contribution in [2.45, 2.75) is 30.5 Å². The molecule has 1 N–H and O–H groups in total. The van der Waals surface area contributed by atoms with Crippen LogP contribution in [0.1, 0.15) is 18.9 Å². The average molecular weight is 552 g/mol. The Kier molecular flexibility index (Phi) is 7.02. The summed E-state index contributed by atoms with van der Waals surface area (Å²) < 4.78 is 78.6. The number of benzene rings is 2. The maximum atomic E-state index is 13.5. The summed E-state index contributed by atoms with van der Waals surface area (Å²) in [6.07, 6.45) is -5.71. The molecule has 1 heterocycles. The number of carbonyl (C=O) groups is 1. The number of aliphatic hydroxyl groups is 1. The number of hydrogen-bond donors (Lipinski definition) is 1. The van der Waals surface area contributed by atoms with Gasteiger partial charge in [-0.15, -0.1) is 0 Å². The number of carbonyl (C=O) groups excluding carboxylic acids is 1. The Morgan fingerprint density at radius 1 is 1.27 bits per heavy atom. The van der Waals surface area contributed by atoms with Gasteiger partial charge in [0.25, 0.3) is 10.0 Å². The van der Waals surface area contributed by atoms with Gasteiger partial charge in [-0.25, -0.2) is 8.42 Å². The Hall–Kier alpha value is -2.31. The van der Waals surface area contributed by atoms with Gasteiger partial charge >= 0.3 is 12.1 Å². The summed E-state index contributed by atoms with van der Waals surface area (Å²) in [5.74, 6) is -0.544. The fourth-order valence-corrected chi connectivity index (χ4v) is 5.43. The maximum Gasteiger partial charge on any atom is 0.416 e. The molecule has 33 heavy (non-hydrogen) atoms. The van der Waals surface area contributed by atoms with E-state index in [2.05, 4.69) is 15.9 Å². The molecule has 0 bridgehead atoms. The number of anilines is 1. The molecule has 1 aliphatic heterocycles. The lowest BCUT2D eigenvalue weighted by atomic mass is 9.85. The molecule has 0 aromatic heterocycles. The number of nitrogens with zero attached hydrogens (tertiary/aromatic N) is 1. The molecular formula is C21H21BrF3NO6S. The quantitative estimate of drug-likeness (QED) is 0.546. The molecule has 0 saturated carbocycles. The fraction of sp³-hybridized carbons (Fsp3) is 0.381. The molecule has 3 rings (SSSR count). The van der Waals surface area contributed by atoms with E-state index in [4.69, 9.17) is 9.47 Å². The predicted octanol–water partition coefficient (Wildman–Crippen LogP) is 3.99. The Labute approximate surface area is 197 Å². The molecule has 12 heteroatoms. The van der Waals surface area contributed by atoms with E-state index in [0.29, 0.717) is 10.5 Å². The number of hydrogen-bond acceptors (Lipinski definition) is 6. The van der Waals surface area contributed by atoms with Crippen molar-refractivity contribution in [1.82, 2.24) is 0 Å². The number of ether oxygens (including phenoxy) is 2. The lowest BCUT2D eigenvalue weighted by Gasteiger charge is -2.38. The number of halogens is 4. The number of alkyl halides is 3. The highest BCUT2D eigenvalue weighted by Crippen LogP contribution is 2.41. The van der Waals surface area contributed by atoms with Crippen LogP contribution in [0.4, 0.5) is 18.9 Å². The first kappa shape index (κ1) is 25.3. The number of methoxy groups -OCH3 is 1. The second-order valence-corrected chi connectivity index (χ2v) is 10.6. The average Bonchev–Trinajstić information content (AvgIpc) is 2.77. The molecule has 180 valence electrons. The maximum absolute atomic E-state index is 13.5. The minimum atomic E-state index is -4.72. The first-order chi connectivity index (χ1) is 15.3. The van der Waals surface area contributed by atoms with Gasteiger partial charge in [0.2, 0.25) is 0 Å². The molecule has 0 spiro atoms. The van der Waals surface area contributed by atoms with E-state index in [1.807, 2.05) is 0 Å².